The standard InChI is InChI=1S/C15H27ClN4/c1-19(2)9-10-20-15(13(16)11-18-20)14(17)12-7-5-3-4-6-8-12/h11-12,14H,3-10,17H2,1-2H3. The number of rotatable bonds is 5. The molecule has 0 bridgehead atoms. The van der Waals surface area contributed by atoms with Crippen molar-refractivity contribution in [3.05, 3.63) is 16.9 Å². The Balaban J connectivity index is 2.11. The summed E-state index contributed by atoms with van der Waals surface area (Å²) in [7, 11) is 4.13. The first-order valence-corrected chi connectivity index (χ1v) is 8.09. The number of nitrogens with zero attached hydrogens (tertiary/aromatic N) is 3. The molecule has 1 aromatic rings. The molecule has 1 saturated carbocycles. The van der Waals surface area contributed by atoms with Crippen molar-refractivity contribution in [3.8, 4) is 0 Å². The van der Waals surface area contributed by atoms with Crippen LogP contribution < -0.4 is 5.73 Å². The zero-order valence-corrected chi connectivity index (χ0v) is 13.4. The van der Waals surface area contributed by atoms with Gasteiger partial charge < -0.3 is 10.6 Å². The van der Waals surface area contributed by atoms with Crippen molar-refractivity contribution >= 4 is 11.6 Å². The van der Waals surface area contributed by atoms with E-state index in [1.54, 1.807) is 6.20 Å². The van der Waals surface area contributed by atoms with Gasteiger partial charge in [-0.15, -0.1) is 0 Å². The largest absolute Gasteiger partial charge is 0.322 e. The molecule has 0 spiro atoms. The van der Waals surface area contributed by atoms with Crippen LogP contribution in [0.1, 0.15) is 50.3 Å². The molecule has 0 saturated heterocycles. The summed E-state index contributed by atoms with van der Waals surface area (Å²) in [4.78, 5) is 2.15. The average molecular weight is 299 g/mol. The molecule has 1 aliphatic carbocycles. The summed E-state index contributed by atoms with van der Waals surface area (Å²) in [5.74, 6) is 0.546. The number of halogens is 1. The highest BCUT2D eigenvalue weighted by molar-refractivity contribution is 6.31. The summed E-state index contributed by atoms with van der Waals surface area (Å²) >= 11 is 6.34. The van der Waals surface area contributed by atoms with Gasteiger partial charge >= 0.3 is 0 Å². The zero-order valence-electron chi connectivity index (χ0n) is 12.7. The number of likely N-dealkylation sites (N-methyl/N-ethyl adjacent to an activating group) is 1. The highest BCUT2D eigenvalue weighted by Gasteiger charge is 2.26. The third kappa shape index (κ3) is 3.96. The number of hydrogen-bond donors (Lipinski definition) is 1. The monoisotopic (exact) mass is 298 g/mol. The fourth-order valence-corrected chi connectivity index (χ4v) is 3.34. The average Bonchev–Trinajstić information content (AvgIpc) is 2.64. The van der Waals surface area contributed by atoms with Crippen LogP contribution >= 0.6 is 11.6 Å². The summed E-state index contributed by atoms with van der Waals surface area (Å²) in [6, 6.07) is 0.0188. The second-order valence-electron chi connectivity index (χ2n) is 6.18. The first-order valence-electron chi connectivity index (χ1n) is 7.71. The molecule has 0 amide bonds. The molecule has 4 nitrogen and oxygen atoms in total. The number of aromatic nitrogens is 2. The van der Waals surface area contributed by atoms with Gasteiger partial charge in [-0.05, 0) is 32.9 Å². The van der Waals surface area contributed by atoms with Crippen LogP contribution in [0.25, 0.3) is 0 Å². The van der Waals surface area contributed by atoms with E-state index in [-0.39, 0.29) is 6.04 Å². The zero-order chi connectivity index (χ0) is 14.5. The van der Waals surface area contributed by atoms with Crippen molar-refractivity contribution in [2.75, 3.05) is 20.6 Å². The Kier molecular flexibility index (Phi) is 5.87. The van der Waals surface area contributed by atoms with E-state index in [2.05, 4.69) is 24.1 Å². The van der Waals surface area contributed by atoms with E-state index < -0.39 is 0 Å². The molecule has 2 N–H and O–H groups in total. The molecule has 0 radical (unpaired) electrons. The maximum Gasteiger partial charge on any atom is 0.0834 e. The summed E-state index contributed by atoms with van der Waals surface area (Å²) in [6.07, 6.45) is 9.45. The first kappa shape index (κ1) is 15.8. The van der Waals surface area contributed by atoms with Gasteiger partial charge in [0.25, 0.3) is 0 Å². The lowest BCUT2D eigenvalue weighted by atomic mass is 9.90. The Hall–Kier alpha value is -0.580. The van der Waals surface area contributed by atoms with Gasteiger partial charge in [-0.3, -0.25) is 4.68 Å². The fourth-order valence-electron chi connectivity index (χ4n) is 3.07. The Labute approximate surface area is 127 Å². The highest BCUT2D eigenvalue weighted by atomic mass is 35.5. The molecular formula is C15H27ClN4. The molecule has 0 aromatic carbocycles. The van der Waals surface area contributed by atoms with E-state index >= 15 is 0 Å². The van der Waals surface area contributed by atoms with E-state index in [1.807, 2.05) is 4.68 Å². The summed E-state index contributed by atoms with van der Waals surface area (Å²) in [5.41, 5.74) is 7.56. The van der Waals surface area contributed by atoms with Crippen LogP contribution in [-0.4, -0.2) is 35.3 Å². The van der Waals surface area contributed by atoms with Crippen molar-refractivity contribution in [3.63, 3.8) is 0 Å². The van der Waals surface area contributed by atoms with E-state index in [0.29, 0.717) is 5.92 Å². The van der Waals surface area contributed by atoms with Crippen LogP contribution in [0.5, 0.6) is 0 Å². The van der Waals surface area contributed by atoms with Crippen LogP contribution in [0.2, 0.25) is 5.02 Å². The predicted molar refractivity (Wildman–Crippen MR) is 83.9 cm³/mol. The summed E-state index contributed by atoms with van der Waals surface area (Å²) in [5, 5.41) is 5.13. The topological polar surface area (TPSA) is 47.1 Å². The Morgan fingerprint density at radius 1 is 1.35 bits per heavy atom. The van der Waals surface area contributed by atoms with E-state index in [4.69, 9.17) is 17.3 Å². The van der Waals surface area contributed by atoms with Gasteiger partial charge in [0.2, 0.25) is 0 Å². The van der Waals surface area contributed by atoms with Crippen LogP contribution in [0, 0.1) is 5.92 Å². The smallest absolute Gasteiger partial charge is 0.0834 e. The maximum atomic E-state index is 6.53. The lowest BCUT2D eigenvalue weighted by Crippen LogP contribution is -2.27. The summed E-state index contributed by atoms with van der Waals surface area (Å²) < 4.78 is 2.00. The summed E-state index contributed by atoms with van der Waals surface area (Å²) in [6.45, 7) is 1.79. The Morgan fingerprint density at radius 3 is 2.60 bits per heavy atom. The second-order valence-corrected chi connectivity index (χ2v) is 6.59. The van der Waals surface area contributed by atoms with Crippen molar-refractivity contribution in [1.82, 2.24) is 14.7 Å². The van der Waals surface area contributed by atoms with Gasteiger partial charge in [-0.1, -0.05) is 37.3 Å². The first-order chi connectivity index (χ1) is 9.59. The Morgan fingerprint density at radius 2 is 2.00 bits per heavy atom. The molecule has 1 atom stereocenters. The number of nitrogens with two attached hydrogens (primary N) is 1. The number of hydrogen-bond acceptors (Lipinski definition) is 3. The van der Waals surface area contributed by atoms with Crippen LogP contribution in [0.15, 0.2) is 6.20 Å². The third-order valence-electron chi connectivity index (χ3n) is 4.32. The molecule has 1 aromatic heterocycles. The Bertz CT molecular complexity index is 408. The molecule has 1 aliphatic rings. The maximum absolute atomic E-state index is 6.53. The van der Waals surface area contributed by atoms with Gasteiger partial charge in [0.15, 0.2) is 0 Å². The highest BCUT2D eigenvalue weighted by Crippen LogP contribution is 2.34. The predicted octanol–water partition coefficient (Wildman–Crippen LogP) is 3.07. The van der Waals surface area contributed by atoms with E-state index in [9.17, 15) is 0 Å². The molecule has 1 fully saturated rings. The van der Waals surface area contributed by atoms with Gasteiger partial charge in [-0.2, -0.15) is 5.10 Å². The van der Waals surface area contributed by atoms with Crippen molar-refractivity contribution < 1.29 is 0 Å². The van der Waals surface area contributed by atoms with Crippen molar-refractivity contribution in [2.45, 2.75) is 51.1 Å². The van der Waals surface area contributed by atoms with E-state index in [1.165, 1.54) is 38.5 Å². The normalized spacial score (nSPS) is 19.2. The van der Waals surface area contributed by atoms with Gasteiger partial charge in [0.05, 0.1) is 29.5 Å². The van der Waals surface area contributed by atoms with Crippen LogP contribution in [-0.2, 0) is 6.54 Å². The van der Waals surface area contributed by atoms with Crippen LogP contribution in [0.4, 0.5) is 0 Å². The van der Waals surface area contributed by atoms with Crippen LogP contribution in [0.3, 0.4) is 0 Å². The van der Waals surface area contributed by atoms with Gasteiger partial charge in [0.1, 0.15) is 0 Å². The third-order valence-corrected chi connectivity index (χ3v) is 4.61. The minimum absolute atomic E-state index is 0.0188. The molecule has 1 unspecified atom stereocenters. The van der Waals surface area contributed by atoms with Crippen molar-refractivity contribution in [2.24, 2.45) is 11.7 Å². The molecular weight excluding hydrogens is 272 g/mol. The quantitative estimate of drug-likeness (QED) is 0.850. The lowest BCUT2D eigenvalue weighted by molar-refractivity contribution is 0.339. The SMILES string of the molecule is CN(C)CCn1ncc(Cl)c1C(N)C1CCCCCC1. The van der Waals surface area contributed by atoms with Crippen molar-refractivity contribution in [1.29, 1.82) is 0 Å². The van der Waals surface area contributed by atoms with E-state index in [0.717, 1.165) is 23.8 Å². The lowest BCUT2D eigenvalue weighted by Gasteiger charge is -2.24. The minimum atomic E-state index is 0.0188. The second kappa shape index (κ2) is 7.43. The van der Waals surface area contributed by atoms with Gasteiger partial charge in [-0.25, -0.2) is 0 Å². The minimum Gasteiger partial charge on any atom is -0.322 e. The fraction of sp³-hybridized carbons (Fsp3) is 0.800. The molecule has 0 aliphatic heterocycles. The van der Waals surface area contributed by atoms with Gasteiger partial charge in [0, 0.05) is 6.54 Å². The molecule has 1 heterocycles. The molecule has 20 heavy (non-hydrogen) atoms. The molecule has 2 rings (SSSR count). The molecule has 114 valence electrons. The molecule has 5 heteroatoms.